The molecule has 1 aromatic heterocycles. The number of rotatable bonds is 1. The molecule has 2 aromatic rings. The Morgan fingerprint density at radius 1 is 1.27 bits per heavy atom. The first kappa shape index (κ1) is 8.68. The topological polar surface area (TPSA) is 26.3 Å². The summed E-state index contributed by atoms with van der Waals surface area (Å²) in [5, 5.41) is 1.91. The lowest BCUT2D eigenvalue weighted by Crippen LogP contribution is -1.99. The van der Waals surface area contributed by atoms with Crippen LogP contribution in [0.25, 0.3) is 16.2 Å². The number of methoxy groups -OCH3 is 1. The minimum Gasteiger partial charge on any atom is -0.487 e. The molecule has 0 saturated heterocycles. The molecule has 2 nitrogen and oxygen atoms in total. The van der Waals surface area contributed by atoms with E-state index in [-0.39, 0.29) is 5.78 Å². The summed E-state index contributed by atoms with van der Waals surface area (Å²) < 4.78 is 6.41. The van der Waals surface area contributed by atoms with Crippen LogP contribution in [0.5, 0.6) is 5.06 Å². The van der Waals surface area contributed by atoms with Gasteiger partial charge in [0.05, 0.1) is 7.11 Å². The van der Waals surface area contributed by atoms with Gasteiger partial charge in [0.2, 0.25) is 0 Å². The number of ketones is 1. The Labute approximate surface area is 90.8 Å². The quantitative estimate of drug-likeness (QED) is 0.732. The predicted molar refractivity (Wildman–Crippen MR) is 61.7 cm³/mol. The highest BCUT2D eigenvalue weighted by molar-refractivity contribution is 7.21. The van der Waals surface area contributed by atoms with Crippen LogP contribution in [0.1, 0.15) is 15.9 Å². The van der Waals surface area contributed by atoms with Crippen molar-refractivity contribution in [1.82, 2.24) is 0 Å². The molecule has 1 aromatic carbocycles. The number of ether oxygens (including phenoxy) is 1. The lowest BCUT2D eigenvalue weighted by Gasteiger charge is -2.06. The summed E-state index contributed by atoms with van der Waals surface area (Å²) in [5.41, 5.74) is 1.82. The molecule has 15 heavy (non-hydrogen) atoms. The van der Waals surface area contributed by atoms with Crippen LogP contribution in [0.2, 0.25) is 0 Å². The van der Waals surface area contributed by atoms with Crippen molar-refractivity contribution in [2.24, 2.45) is 0 Å². The number of thiophene rings is 1. The number of hydrogen-bond acceptors (Lipinski definition) is 3. The van der Waals surface area contributed by atoms with E-state index in [2.05, 4.69) is 0 Å². The first-order chi connectivity index (χ1) is 7.31. The zero-order chi connectivity index (χ0) is 10.4. The van der Waals surface area contributed by atoms with E-state index in [9.17, 15) is 4.79 Å². The molecule has 3 rings (SSSR count). The van der Waals surface area contributed by atoms with Crippen molar-refractivity contribution in [3.63, 3.8) is 0 Å². The molecule has 0 bridgehead atoms. The third kappa shape index (κ3) is 1.07. The number of allylic oxidation sites excluding steroid dienone is 1. The van der Waals surface area contributed by atoms with Crippen LogP contribution in [-0.2, 0) is 0 Å². The molecule has 0 spiro atoms. The normalized spacial score (nSPS) is 13.5. The van der Waals surface area contributed by atoms with E-state index in [1.807, 2.05) is 24.3 Å². The number of benzene rings is 1. The standard InChI is InChI=1S/C12H8O2S/c1-14-12-8-5-6-9(13)7-3-2-4-10(15-12)11(7)8/h2-6H,1H3. The summed E-state index contributed by atoms with van der Waals surface area (Å²) in [6.07, 6.45) is 3.44. The van der Waals surface area contributed by atoms with E-state index in [0.29, 0.717) is 0 Å². The van der Waals surface area contributed by atoms with Gasteiger partial charge >= 0.3 is 0 Å². The maximum absolute atomic E-state index is 11.6. The summed E-state index contributed by atoms with van der Waals surface area (Å²) in [6, 6.07) is 5.79. The molecule has 1 aliphatic rings. The second kappa shape index (κ2) is 2.94. The van der Waals surface area contributed by atoms with Crippen molar-refractivity contribution in [3.8, 4) is 5.06 Å². The van der Waals surface area contributed by atoms with Crippen molar-refractivity contribution in [2.75, 3.05) is 7.11 Å². The van der Waals surface area contributed by atoms with Crippen molar-refractivity contribution in [2.45, 2.75) is 0 Å². The molecular weight excluding hydrogens is 208 g/mol. The fourth-order valence-electron chi connectivity index (χ4n) is 1.91. The summed E-state index contributed by atoms with van der Waals surface area (Å²) in [7, 11) is 1.66. The van der Waals surface area contributed by atoms with Gasteiger partial charge in [0.25, 0.3) is 0 Å². The van der Waals surface area contributed by atoms with Crippen LogP contribution in [0.4, 0.5) is 0 Å². The second-order valence-corrected chi connectivity index (χ2v) is 4.40. The smallest absolute Gasteiger partial charge is 0.186 e. The van der Waals surface area contributed by atoms with Gasteiger partial charge in [-0.05, 0) is 18.2 Å². The highest BCUT2D eigenvalue weighted by atomic mass is 32.1. The molecule has 0 N–H and O–H groups in total. The zero-order valence-corrected chi connectivity index (χ0v) is 8.93. The van der Waals surface area contributed by atoms with Gasteiger partial charge in [-0.15, -0.1) is 0 Å². The molecule has 0 amide bonds. The Balaban J connectivity index is 2.50. The van der Waals surface area contributed by atoms with Gasteiger partial charge in [0.1, 0.15) is 0 Å². The average Bonchev–Trinajstić information content (AvgIpc) is 2.63. The predicted octanol–water partition coefficient (Wildman–Crippen LogP) is 3.12. The lowest BCUT2D eigenvalue weighted by atomic mass is 9.97. The Morgan fingerprint density at radius 2 is 2.13 bits per heavy atom. The number of hydrogen-bond donors (Lipinski definition) is 0. The molecule has 0 saturated carbocycles. The molecule has 0 atom stereocenters. The maximum Gasteiger partial charge on any atom is 0.186 e. The molecule has 1 aliphatic carbocycles. The van der Waals surface area contributed by atoms with Gasteiger partial charge in [-0.3, -0.25) is 4.79 Å². The molecule has 1 heterocycles. The van der Waals surface area contributed by atoms with E-state index in [4.69, 9.17) is 4.74 Å². The molecule has 74 valence electrons. The Bertz CT molecular complexity index is 593. The SMILES string of the molecule is COc1sc2cccc3c2c1C=CC3=O. The molecule has 0 radical (unpaired) electrons. The van der Waals surface area contributed by atoms with Gasteiger partial charge in [-0.25, -0.2) is 0 Å². The fraction of sp³-hybridized carbons (Fsp3) is 0.0833. The first-order valence-corrected chi connectivity index (χ1v) is 5.45. The van der Waals surface area contributed by atoms with Crippen molar-refractivity contribution in [3.05, 3.63) is 35.4 Å². The maximum atomic E-state index is 11.6. The molecule has 0 fully saturated rings. The van der Waals surface area contributed by atoms with Crippen LogP contribution >= 0.6 is 11.3 Å². The number of carbonyl (C=O) groups is 1. The Morgan fingerprint density at radius 3 is 2.93 bits per heavy atom. The van der Waals surface area contributed by atoms with Gasteiger partial charge < -0.3 is 4.74 Å². The number of carbonyl (C=O) groups excluding carboxylic acids is 1. The summed E-state index contributed by atoms with van der Waals surface area (Å²) in [6.45, 7) is 0. The average molecular weight is 216 g/mol. The van der Waals surface area contributed by atoms with Crippen LogP contribution in [0.15, 0.2) is 24.3 Å². The third-order valence-corrected chi connectivity index (χ3v) is 3.70. The van der Waals surface area contributed by atoms with E-state index in [1.165, 1.54) is 0 Å². The lowest BCUT2D eigenvalue weighted by molar-refractivity contribution is 0.104. The van der Waals surface area contributed by atoms with Crippen molar-refractivity contribution >= 4 is 33.3 Å². The minimum atomic E-state index is 0.0774. The molecule has 3 heteroatoms. The van der Waals surface area contributed by atoms with E-state index >= 15 is 0 Å². The zero-order valence-electron chi connectivity index (χ0n) is 8.11. The first-order valence-electron chi connectivity index (χ1n) is 4.63. The van der Waals surface area contributed by atoms with E-state index < -0.39 is 0 Å². The second-order valence-electron chi connectivity index (χ2n) is 3.38. The van der Waals surface area contributed by atoms with Gasteiger partial charge in [-0.1, -0.05) is 23.5 Å². The molecule has 0 aliphatic heterocycles. The van der Waals surface area contributed by atoms with Gasteiger partial charge in [0.15, 0.2) is 10.8 Å². The van der Waals surface area contributed by atoms with Gasteiger partial charge in [0, 0.05) is 21.2 Å². The van der Waals surface area contributed by atoms with E-state index in [0.717, 1.165) is 26.3 Å². The van der Waals surface area contributed by atoms with Crippen molar-refractivity contribution in [1.29, 1.82) is 0 Å². The van der Waals surface area contributed by atoms with Crippen LogP contribution < -0.4 is 4.74 Å². The third-order valence-electron chi connectivity index (χ3n) is 2.57. The van der Waals surface area contributed by atoms with Crippen LogP contribution in [-0.4, -0.2) is 12.9 Å². The molecule has 0 unspecified atom stereocenters. The van der Waals surface area contributed by atoms with E-state index in [1.54, 1.807) is 24.5 Å². The van der Waals surface area contributed by atoms with Crippen LogP contribution in [0, 0.1) is 0 Å². The van der Waals surface area contributed by atoms with Gasteiger partial charge in [-0.2, -0.15) is 0 Å². The van der Waals surface area contributed by atoms with Crippen molar-refractivity contribution < 1.29 is 9.53 Å². The highest BCUT2D eigenvalue weighted by Crippen LogP contribution is 2.41. The Kier molecular flexibility index (Phi) is 1.70. The van der Waals surface area contributed by atoms with Crippen LogP contribution in [0.3, 0.4) is 0 Å². The summed E-state index contributed by atoms with van der Waals surface area (Å²) >= 11 is 1.58. The summed E-state index contributed by atoms with van der Waals surface area (Å²) in [5.74, 6) is 0.0774. The highest BCUT2D eigenvalue weighted by Gasteiger charge is 2.20. The monoisotopic (exact) mass is 216 g/mol. The largest absolute Gasteiger partial charge is 0.487 e. The summed E-state index contributed by atoms with van der Waals surface area (Å²) in [4.78, 5) is 11.6. The Hall–Kier alpha value is -1.61. The fourth-order valence-corrected chi connectivity index (χ4v) is 2.94. The molecular formula is C12H8O2S. The minimum absolute atomic E-state index is 0.0774.